The quantitative estimate of drug-likeness (QED) is 0.444. The van der Waals surface area contributed by atoms with Gasteiger partial charge in [0, 0.05) is 13.0 Å². The number of esters is 1. The lowest BCUT2D eigenvalue weighted by Gasteiger charge is -2.10. The minimum absolute atomic E-state index is 0.0811. The Labute approximate surface area is 145 Å². The number of rotatable bonds is 6. The first-order valence-electron chi connectivity index (χ1n) is 7.70. The second-order valence-corrected chi connectivity index (χ2v) is 5.33. The predicted molar refractivity (Wildman–Crippen MR) is 89.2 cm³/mol. The monoisotopic (exact) mass is 338 g/mol. The second kappa shape index (κ2) is 7.68. The third-order valence-corrected chi connectivity index (χ3v) is 3.50. The first kappa shape index (κ1) is 16.8. The van der Waals surface area contributed by atoms with Crippen LogP contribution < -0.4 is 14.9 Å². The Morgan fingerprint density at radius 1 is 1.36 bits per heavy atom. The second-order valence-electron chi connectivity index (χ2n) is 5.33. The van der Waals surface area contributed by atoms with Crippen LogP contribution in [0.25, 0.3) is 0 Å². The van der Waals surface area contributed by atoms with E-state index in [-0.39, 0.29) is 24.7 Å². The molecule has 1 aliphatic heterocycles. The number of benzene rings is 1. The summed E-state index contributed by atoms with van der Waals surface area (Å²) in [7, 11) is 0.616. The lowest BCUT2D eigenvalue weighted by Crippen LogP contribution is -2.11. The molecule has 0 aliphatic carbocycles. The van der Waals surface area contributed by atoms with Gasteiger partial charge in [0.05, 0.1) is 6.61 Å². The van der Waals surface area contributed by atoms with Gasteiger partial charge in [-0.1, -0.05) is 6.07 Å². The molecule has 0 N–H and O–H groups in total. The average molecular weight is 338 g/mol. The van der Waals surface area contributed by atoms with Gasteiger partial charge in [-0.3, -0.25) is 4.79 Å². The predicted octanol–water partition coefficient (Wildman–Crippen LogP) is 1.19. The number of nitrogens with zero attached hydrogens (tertiary/aromatic N) is 2. The van der Waals surface area contributed by atoms with Crippen molar-refractivity contribution in [2.45, 2.75) is 13.5 Å². The highest BCUT2D eigenvalue weighted by molar-refractivity contribution is 6.48. The van der Waals surface area contributed by atoms with Gasteiger partial charge in [-0.15, -0.1) is 0 Å². The standard InChI is InChI=1S/C17H15BN2O5/c1-11(21)22-6-7-23-17-12(9-19)2-5-16(20-17)25-14-3-4-15-13(8-14)10-24-18-15/h2-5,8,18H,6-7,10H2,1H3. The van der Waals surface area contributed by atoms with Crippen molar-refractivity contribution in [3.63, 3.8) is 0 Å². The Morgan fingerprint density at radius 3 is 3.04 bits per heavy atom. The summed E-state index contributed by atoms with van der Waals surface area (Å²) in [6.45, 7) is 2.06. The van der Waals surface area contributed by atoms with Crippen LogP contribution in [-0.4, -0.2) is 31.6 Å². The third kappa shape index (κ3) is 4.28. The van der Waals surface area contributed by atoms with Crippen molar-refractivity contribution < 1.29 is 23.7 Å². The molecular formula is C17H15BN2O5. The Kier molecular flexibility index (Phi) is 5.16. The Hall–Kier alpha value is -3.05. The summed E-state index contributed by atoms with van der Waals surface area (Å²) in [5, 5.41) is 9.14. The van der Waals surface area contributed by atoms with Crippen LogP contribution in [0.15, 0.2) is 30.3 Å². The summed E-state index contributed by atoms with van der Waals surface area (Å²) in [5.41, 5.74) is 2.51. The lowest BCUT2D eigenvalue weighted by atomic mass is 9.87. The van der Waals surface area contributed by atoms with Gasteiger partial charge in [-0.2, -0.15) is 10.2 Å². The van der Waals surface area contributed by atoms with Crippen LogP contribution in [0, 0.1) is 11.3 Å². The number of fused-ring (bicyclic) bond motifs is 1. The van der Waals surface area contributed by atoms with Crippen molar-refractivity contribution in [3.05, 3.63) is 41.5 Å². The summed E-state index contributed by atoms with van der Waals surface area (Å²) >= 11 is 0. The molecule has 1 aromatic carbocycles. The Balaban J connectivity index is 1.70. The van der Waals surface area contributed by atoms with Gasteiger partial charge in [-0.25, -0.2) is 0 Å². The third-order valence-electron chi connectivity index (χ3n) is 3.50. The summed E-state index contributed by atoms with van der Waals surface area (Å²) in [6, 6.07) is 10.9. The molecule has 0 saturated heterocycles. The number of pyridine rings is 1. The number of carbonyl (C=O) groups is 1. The van der Waals surface area contributed by atoms with E-state index in [1.165, 1.54) is 6.92 Å². The molecule has 0 amide bonds. The zero-order chi connectivity index (χ0) is 17.6. The lowest BCUT2D eigenvalue weighted by molar-refractivity contribution is -0.141. The van der Waals surface area contributed by atoms with Gasteiger partial charge < -0.3 is 18.9 Å². The molecule has 126 valence electrons. The molecule has 0 radical (unpaired) electrons. The summed E-state index contributed by atoms with van der Waals surface area (Å²) in [5.74, 6) is 0.680. The van der Waals surface area contributed by atoms with E-state index >= 15 is 0 Å². The zero-order valence-corrected chi connectivity index (χ0v) is 13.7. The van der Waals surface area contributed by atoms with Gasteiger partial charge in [0.1, 0.15) is 30.6 Å². The number of aromatic nitrogens is 1. The van der Waals surface area contributed by atoms with E-state index in [4.69, 9.17) is 24.1 Å². The van der Waals surface area contributed by atoms with Gasteiger partial charge in [-0.05, 0) is 29.2 Å². The van der Waals surface area contributed by atoms with Crippen molar-refractivity contribution >= 4 is 18.9 Å². The van der Waals surface area contributed by atoms with E-state index in [2.05, 4.69) is 4.98 Å². The summed E-state index contributed by atoms with van der Waals surface area (Å²) < 4.78 is 21.3. The molecule has 25 heavy (non-hydrogen) atoms. The highest BCUT2D eigenvalue weighted by atomic mass is 16.6. The van der Waals surface area contributed by atoms with E-state index in [1.54, 1.807) is 12.1 Å². The van der Waals surface area contributed by atoms with Crippen LogP contribution in [0.3, 0.4) is 0 Å². The van der Waals surface area contributed by atoms with E-state index in [0.29, 0.717) is 25.7 Å². The molecule has 0 unspecified atom stereocenters. The van der Waals surface area contributed by atoms with Crippen LogP contribution in [-0.2, 0) is 20.8 Å². The fourth-order valence-corrected chi connectivity index (χ4v) is 2.33. The van der Waals surface area contributed by atoms with Crippen molar-refractivity contribution in [3.8, 4) is 23.6 Å². The van der Waals surface area contributed by atoms with Crippen molar-refractivity contribution in [2.24, 2.45) is 0 Å². The fraction of sp³-hybridized carbons (Fsp3) is 0.235. The molecule has 1 aromatic heterocycles. The van der Waals surface area contributed by atoms with E-state index in [1.807, 2.05) is 24.3 Å². The van der Waals surface area contributed by atoms with Crippen LogP contribution in [0.5, 0.6) is 17.5 Å². The molecule has 0 bridgehead atoms. The molecule has 1 aliphatic rings. The first-order valence-corrected chi connectivity index (χ1v) is 7.70. The zero-order valence-electron chi connectivity index (χ0n) is 13.7. The molecule has 3 rings (SSSR count). The molecule has 0 saturated carbocycles. The SMILES string of the molecule is CC(=O)OCCOc1nc(Oc2ccc3c(c2)COB3)ccc1C#N. The molecule has 0 fully saturated rings. The number of nitriles is 1. The van der Waals surface area contributed by atoms with Gasteiger partial charge >= 0.3 is 13.5 Å². The normalized spacial score (nSPS) is 11.8. The Morgan fingerprint density at radius 2 is 2.24 bits per heavy atom. The van der Waals surface area contributed by atoms with Crippen LogP contribution in [0.2, 0.25) is 0 Å². The average Bonchev–Trinajstić information content (AvgIpc) is 3.06. The largest absolute Gasteiger partial charge is 0.473 e. The van der Waals surface area contributed by atoms with Crippen LogP contribution in [0.1, 0.15) is 18.1 Å². The molecule has 0 atom stereocenters. The highest BCUT2D eigenvalue weighted by Crippen LogP contribution is 2.25. The van der Waals surface area contributed by atoms with E-state index in [9.17, 15) is 4.79 Å². The summed E-state index contributed by atoms with van der Waals surface area (Å²) in [6.07, 6.45) is 0. The van der Waals surface area contributed by atoms with Gasteiger partial charge in [0.2, 0.25) is 11.8 Å². The molecule has 7 nitrogen and oxygen atoms in total. The maximum Gasteiger partial charge on any atom is 0.309 e. The van der Waals surface area contributed by atoms with Gasteiger partial charge in [0.15, 0.2) is 0 Å². The molecular weight excluding hydrogens is 323 g/mol. The smallest absolute Gasteiger partial charge is 0.309 e. The maximum absolute atomic E-state index is 10.7. The van der Waals surface area contributed by atoms with E-state index in [0.717, 1.165) is 11.0 Å². The van der Waals surface area contributed by atoms with Crippen molar-refractivity contribution in [1.82, 2.24) is 4.98 Å². The number of carbonyl (C=O) groups excluding carboxylic acids is 1. The van der Waals surface area contributed by atoms with Crippen LogP contribution in [0.4, 0.5) is 0 Å². The number of ether oxygens (including phenoxy) is 3. The fourth-order valence-electron chi connectivity index (χ4n) is 2.33. The maximum atomic E-state index is 10.7. The minimum atomic E-state index is -0.394. The number of hydrogen-bond donors (Lipinski definition) is 0. The topological polar surface area (TPSA) is 90.7 Å². The van der Waals surface area contributed by atoms with Gasteiger partial charge in [0.25, 0.3) is 0 Å². The molecule has 2 aromatic rings. The van der Waals surface area contributed by atoms with E-state index < -0.39 is 5.97 Å². The Bertz CT molecular complexity index is 834. The molecule has 2 heterocycles. The van der Waals surface area contributed by atoms with Crippen LogP contribution >= 0.6 is 0 Å². The highest BCUT2D eigenvalue weighted by Gasteiger charge is 2.14. The van der Waals surface area contributed by atoms with Crippen molar-refractivity contribution in [1.29, 1.82) is 5.26 Å². The first-order chi connectivity index (χ1) is 12.2. The molecule has 8 heteroatoms. The summed E-state index contributed by atoms with van der Waals surface area (Å²) in [4.78, 5) is 15.0. The van der Waals surface area contributed by atoms with Crippen molar-refractivity contribution in [2.75, 3.05) is 13.2 Å². The number of hydrogen-bond acceptors (Lipinski definition) is 7. The molecule has 0 spiro atoms. The minimum Gasteiger partial charge on any atom is -0.473 e.